The predicted molar refractivity (Wildman–Crippen MR) is 85.2 cm³/mol. The number of nitrogens with zero attached hydrogens (tertiary/aromatic N) is 1. The van der Waals surface area contributed by atoms with Crippen LogP contribution in [0.1, 0.15) is 30.6 Å². The van der Waals surface area contributed by atoms with Crippen LogP contribution in [0.4, 0.5) is 0 Å². The zero-order valence-electron chi connectivity index (χ0n) is 12.5. The summed E-state index contributed by atoms with van der Waals surface area (Å²) in [7, 11) is 0. The maximum atomic E-state index is 12.2. The number of carbonyl (C=O) groups is 1. The highest BCUT2D eigenvalue weighted by molar-refractivity contribution is 6.02. The molecule has 0 saturated carbocycles. The number of pyridine rings is 1. The highest BCUT2D eigenvalue weighted by atomic mass is 16.5. The van der Waals surface area contributed by atoms with E-state index in [-0.39, 0.29) is 5.78 Å². The first kappa shape index (κ1) is 13.1. The van der Waals surface area contributed by atoms with Crippen molar-refractivity contribution < 1.29 is 9.53 Å². The van der Waals surface area contributed by atoms with Crippen LogP contribution >= 0.6 is 0 Å². The van der Waals surface area contributed by atoms with Crippen molar-refractivity contribution in [2.45, 2.75) is 25.9 Å². The number of nitrogens with one attached hydrogen (secondary N) is 1. The quantitative estimate of drug-likeness (QED) is 0.738. The van der Waals surface area contributed by atoms with Gasteiger partial charge in [-0.25, -0.2) is 4.98 Å². The number of ether oxygens (including phenoxy) is 1. The van der Waals surface area contributed by atoms with Crippen LogP contribution in [-0.4, -0.2) is 21.4 Å². The Hall–Kier alpha value is -2.62. The molecule has 3 aromatic rings. The van der Waals surface area contributed by atoms with Crippen LogP contribution < -0.4 is 4.74 Å². The third kappa shape index (κ3) is 1.99. The lowest BCUT2D eigenvalue weighted by molar-refractivity contribution is 0.0620. The minimum atomic E-state index is -0.454. The lowest BCUT2D eigenvalue weighted by Crippen LogP contribution is -2.35. The van der Waals surface area contributed by atoms with Crippen LogP contribution in [-0.2, 0) is 0 Å². The molecule has 22 heavy (non-hydrogen) atoms. The number of fused-ring (bicyclic) bond motifs is 2. The summed E-state index contributed by atoms with van der Waals surface area (Å²) >= 11 is 0. The average Bonchev–Trinajstić information content (AvgIpc) is 2.89. The molecule has 3 heterocycles. The van der Waals surface area contributed by atoms with E-state index in [0.717, 1.165) is 22.2 Å². The molecule has 2 aromatic heterocycles. The van der Waals surface area contributed by atoms with Crippen molar-refractivity contribution in [2.24, 2.45) is 0 Å². The molecular formula is C18H16N2O2. The molecule has 1 aliphatic rings. The minimum absolute atomic E-state index is 0.137. The van der Waals surface area contributed by atoms with E-state index in [4.69, 9.17) is 4.74 Å². The number of carbonyl (C=O) groups excluding carboxylic acids is 1. The summed E-state index contributed by atoms with van der Waals surface area (Å²) in [5, 5.41) is 1.06. The molecule has 0 atom stereocenters. The van der Waals surface area contributed by atoms with Crippen molar-refractivity contribution in [1.29, 1.82) is 0 Å². The molecule has 0 amide bonds. The fourth-order valence-electron chi connectivity index (χ4n) is 3.02. The topological polar surface area (TPSA) is 55.0 Å². The van der Waals surface area contributed by atoms with Crippen LogP contribution in [0.15, 0.2) is 42.7 Å². The Labute approximate surface area is 128 Å². The third-order valence-corrected chi connectivity index (χ3v) is 4.02. The van der Waals surface area contributed by atoms with E-state index >= 15 is 0 Å². The molecule has 0 fully saturated rings. The molecule has 0 aliphatic carbocycles. The van der Waals surface area contributed by atoms with Gasteiger partial charge < -0.3 is 9.72 Å². The number of rotatable bonds is 1. The van der Waals surface area contributed by atoms with E-state index in [2.05, 4.69) is 9.97 Å². The van der Waals surface area contributed by atoms with Gasteiger partial charge in [0.15, 0.2) is 5.78 Å². The van der Waals surface area contributed by atoms with Crippen LogP contribution in [0.5, 0.6) is 5.75 Å². The molecule has 0 spiro atoms. The summed E-state index contributed by atoms with van der Waals surface area (Å²) in [6, 6.07) is 9.72. The van der Waals surface area contributed by atoms with E-state index in [1.807, 2.05) is 50.4 Å². The molecule has 1 aromatic carbocycles. The number of hydrogen-bond acceptors (Lipinski definition) is 3. The molecule has 4 heteroatoms. The molecule has 110 valence electrons. The van der Waals surface area contributed by atoms with E-state index in [9.17, 15) is 4.79 Å². The molecule has 0 bridgehead atoms. The Kier molecular flexibility index (Phi) is 2.64. The Morgan fingerprint density at radius 3 is 2.95 bits per heavy atom. The van der Waals surface area contributed by atoms with Gasteiger partial charge in [-0.15, -0.1) is 0 Å². The van der Waals surface area contributed by atoms with E-state index in [0.29, 0.717) is 17.7 Å². The lowest BCUT2D eigenvalue weighted by Gasteiger charge is -2.31. The maximum absolute atomic E-state index is 12.2. The standard InChI is InChI=1S/C18H16N2O2/c1-18(2)9-15(21)13-6-5-11(8-16(13)22-18)14-10-20-17-12(14)4-3-7-19-17/h3-8,10H,9H2,1-2H3,(H,19,20). The maximum Gasteiger partial charge on any atom is 0.170 e. The first-order valence-corrected chi connectivity index (χ1v) is 7.32. The lowest BCUT2D eigenvalue weighted by atomic mass is 9.91. The van der Waals surface area contributed by atoms with Gasteiger partial charge >= 0.3 is 0 Å². The number of Topliss-reactive ketones (excluding diaryl/α,β-unsaturated/α-hetero) is 1. The fourth-order valence-corrected chi connectivity index (χ4v) is 3.02. The van der Waals surface area contributed by atoms with E-state index in [1.54, 1.807) is 6.20 Å². The molecule has 1 aliphatic heterocycles. The summed E-state index contributed by atoms with van der Waals surface area (Å²) in [5.74, 6) is 0.801. The van der Waals surface area contributed by atoms with Gasteiger partial charge in [-0.05, 0) is 43.7 Å². The van der Waals surface area contributed by atoms with Crippen LogP contribution in [0.25, 0.3) is 22.2 Å². The normalized spacial score (nSPS) is 16.4. The van der Waals surface area contributed by atoms with Gasteiger partial charge in [0, 0.05) is 23.3 Å². The van der Waals surface area contributed by atoms with Crippen molar-refractivity contribution in [3.05, 3.63) is 48.3 Å². The summed E-state index contributed by atoms with van der Waals surface area (Å²) in [4.78, 5) is 19.7. The highest BCUT2D eigenvalue weighted by Gasteiger charge is 2.32. The van der Waals surface area contributed by atoms with Gasteiger partial charge in [-0.3, -0.25) is 4.79 Å². The number of aromatic nitrogens is 2. The van der Waals surface area contributed by atoms with Crippen molar-refractivity contribution in [3.63, 3.8) is 0 Å². The predicted octanol–water partition coefficient (Wildman–Crippen LogP) is 3.97. The largest absolute Gasteiger partial charge is 0.487 e. The number of hydrogen-bond donors (Lipinski definition) is 1. The van der Waals surface area contributed by atoms with E-state index < -0.39 is 5.60 Å². The molecule has 1 N–H and O–H groups in total. The second-order valence-electron chi connectivity index (χ2n) is 6.27. The third-order valence-electron chi connectivity index (χ3n) is 4.02. The summed E-state index contributed by atoms with van der Waals surface area (Å²) < 4.78 is 5.99. The van der Waals surface area contributed by atoms with Gasteiger partial charge in [0.2, 0.25) is 0 Å². The van der Waals surface area contributed by atoms with E-state index in [1.165, 1.54) is 0 Å². The number of aromatic amines is 1. The number of ketones is 1. The molecule has 4 rings (SSSR count). The van der Waals surface area contributed by atoms with Gasteiger partial charge in [0.05, 0.1) is 12.0 Å². The number of H-pyrrole nitrogens is 1. The Balaban J connectivity index is 1.86. The zero-order chi connectivity index (χ0) is 15.3. The fraction of sp³-hybridized carbons (Fsp3) is 0.222. The number of benzene rings is 1. The Bertz CT molecular complexity index is 893. The second kappa shape index (κ2) is 4.44. The van der Waals surface area contributed by atoms with Gasteiger partial charge in [0.1, 0.15) is 17.0 Å². The van der Waals surface area contributed by atoms with Crippen LogP contribution in [0.2, 0.25) is 0 Å². The van der Waals surface area contributed by atoms with Gasteiger partial charge in [0.25, 0.3) is 0 Å². The first-order valence-electron chi connectivity index (χ1n) is 7.32. The van der Waals surface area contributed by atoms with Gasteiger partial charge in [-0.2, -0.15) is 0 Å². The summed E-state index contributed by atoms with van der Waals surface area (Å²) in [6.45, 7) is 3.88. The molecule has 0 radical (unpaired) electrons. The SMILES string of the molecule is CC1(C)CC(=O)c2ccc(-c3c[nH]c4ncccc34)cc2O1. The summed E-state index contributed by atoms with van der Waals surface area (Å²) in [6.07, 6.45) is 4.12. The Morgan fingerprint density at radius 2 is 2.09 bits per heavy atom. The van der Waals surface area contributed by atoms with Crippen LogP contribution in [0.3, 0.4) is 0 Å². The molecule has 0 unspecified atom stereocenters. The molecular weight excluding hydrogens is 276 g/mol. The molecule has 4 nitrogen and oxygen atoms in total. The van der Waals surface area contributed by atoms with Crippen molar-refractivity contribution in [1.82, 2.24) is 9.97 Å². The molecule has 0 saturated heterocycles. The highest BCUT2D eigenvalue weighted by Crippen LogP contribution is 2.37. The second-order valence-corrected chi connectivity index (χ2v) is 6.27. The Morgan fingerprint density at radius 1 is 1.23 bits per heavy atom. The van der Waals surface area contributed by atoms with Crippen molar-refractivity contribution >= 4 is 16.8 Å². The average molecular weight is 292 g/mol. The zero-order valence-corrected chi connectivity index (χ0v) is 12.5. The van der Waals surface area contributed by atoms with Crippen molar-refractivity contribution in [2.75, 3.05) is 0 Å². The van der Waals surface area contributed by atoms with Gasteiger partial charge in [-0.1, -0.05) is 6.07 Å². The summed E-state index contributed by atoms with van der Waals surface area (Å²) in [5.41, 5.74) is 3.15. The monoisotopic (exact) mass is 292 g/mol. The minimum Gasteiger partial charge on any atom is -0.487 e. The first-order chi connectivity index (χ1) is 10.5. The smallest absolute Gasteiger partial charge is 0.170 e. The van der Waals surface area contributed by atoms with Crippen molar-refractivity contribution in [3.8, 4) is 16.9 Å². The van der Waals surface area contributed by atoms with Crippen LogP contribution in [0, 0.1) is 0 Å².